The summed E-state index contributed by atoms with van der Waals surface area (Å²) < 4.78 is 11.2. The third-order valence-electron chi connectivity index (χ3n) is 6.17. The van der Waals surface area contributed by atoms with Crippen LogP contribution in [-0.2, 0) is 15.7 Å². The second kappa shape index (κ2) is 21.6. The molecule has 0 heterocycles. The topological polar surface area (TPSA) is 52.6 Å². The van der Waals surface area contributed by atoms with Gasteiger partial charge in [0.25, 0.3) is 0 Å². The Morgan fingerprint density at radius 1 is 0.629 bits per heavy atom. The maximum atomic E-state index is 12.2. The Balaban J connectivity index is 3.67. The first-order chi connectivity index (χ1) is 16.6. The molecule has 0 aliphatic rings. The molecule has 0 fully saturated rings. The van der Waals surface area contributed by atoms with Crippen molar-refractivity contribution in [3.8, 4) is 0 Å². The van der Waals surface area contributed by atoms with Gasteiger partial charge in [-0.15, -0.1) is 0 Å². The van der Waals surface area contributed by atoms with Gasteiger partial charge in [-0.25, -0.2) is 0 Å². The van der Waals surface area contributed by atoms with E-state index in [0.29, 0.717) is 18.3 Å². The van der Waals surface area contributed by atoms with E-state index >= 15 is 0 Å². The molecule has 0 saturated carbocycles. The van der Waals surface area contributed by atoms with Gasteiger partial charge in [0.15, 0.2) is 0 Å². The molecule has 0 aromatic rings. The average Bonchev–Trinajstić information content (AvgIpc) is 2.74. The molecule has 0 bridgehead atoms. The zero-order valence-corrected chi connectivity index (χ0v) is 27.1. The molecule has 0 rings (SSSR count). The Kier molecular flexibility index (Phi) is 21.2. The summed E-state index contributed by atoms with van der Waals surface area (Å²) in [4.78, 5) is 28.0. The van der Waals surface area contributed by atoms with Crippen molar-refractivity contribution in [3.05, 3.63) is 12.2 Å². The van der Waals surface area contributed by atoms with E-state index in [4.69, 9.17) is 6.15 Å². The van der Waals surface area contributed by atoms with Gasteiger partial charge in [0, 0.05) is 0 Å². The molecule has 0 aliphatic heterocycles. The van der Waals surface area contributed by atoms with Gasteiger partial charge in [0.1, 0.15) is 0 Å². The van der Waals surface area contributed by atoms with Gasteiger partial charge in [-0.1, -0.05) is 39.0 Å². The Morgan fingerprint density at radius 2 is 1.03 bits per heavy atom. The number of carbonyl (C=O) groups excluding carboxylic acids is 2. The summed E-state index contributed by atoms with van der Waals surface area (Å²) in [7, 11) is 0. The molecule has 0 radical (unpaired) electrons. The van der Waals surface area contributed by atoms with Gasteiger partial charge in [-0.05, 0) is 6.42 Å². The molecule has 0 aromatic carbocycles. The first-order valence-corrected chi connectivity index (χ1v) is 22.7. The Hall–Kier alpha value is -0.521. The van der Waals surface area contributed by atoms with Crippen molar-refractivity contribution in [1.29, 1.82) is 0 Å². The van der Waals surface area contributed by atoms with E-state index < -0.39 is 19.2 Å². The third kappa shape index (κ3) is 26.4. The summed E-state index contributed by atoms with van der Waals surface area (Å²) in [6.45, 7) is 8.98. The zero-order valence-electron chi connectivity index (χ0n) is 24.2. The van der Waals surface area contributed by atoms with Crippen LogP contribution in [0, 0.1) is 5.41 Å². The van der Waals surface area contributed by atoms with Crippen LogP contribution in [0.3, 0.4) is 0 Å². The molecule has 0 amide bonds. The number of allylic oxidation sites excluding steroid dienone is 2. The number of hydrogen-bond acceptors (Lipinski definition) is 4. The van der Waals surface area contributed by atoms with Gasteiger partial charge < -0.3 is 0 Å². The van der Waals surface area contributed by atoms with E-state index in [1.54, 1.807) is 0 Å². The summed E-state index contributed by atoms with van der Waals surface area (Å²) in [5.74, 6) is -0.392. The number of carbonyl (C=O) groups is 2. The van der Waals surface area contributed by atoms with E-state index in [-0.39, 0.29) is 11.9 Å². The first-order valence-electron chi connectivity index (χ1n) is 14.6. The van der Waals surface area contributed by atoms with E-state index in [2.05, 4.69) is 39.8 Å². The van der Waals surface area contributed by atoms with Crippen LogP contribution in [0.25, 0.3) is 0 Å². The molecule has 0 spiro atoms. The fraction of sp³-hybridized carbons (Fsp3) is 0.867. The van der Waals surface area contributed by atoms with Gasteiger partial charge in [0.05, 0.1) is 0 Å². The molecule has 0 unspecified atom stereocenters. The van der Waals surface area contributed by atoms with Crippen molar-refractivity contribution in [2.45, 2.75) is 160 Å². The Labute approximate surface area is 223 Å². The van der Waals surface area contributed by atoms with Gasteiger partial charge >= 0.3 is 179 Å². The van der Waals surface area contributed by atoms with Crippen molar-refractivity contribution in [2.75, 3.05) is 0 Å². The molecule has 206 valence electrons. The molecule has 35 heavy (non-hydrogen) atoms. The number of rotatable bonds is 22. The monoisotopic (exact) mass is 602 g/mol. The molecule has 5 heteroatoms. The van der Waals surface area contributed by atoms with Crippen LogP contribution in [0.15, 0.2) is 12.2 Å². The predicted octanol–water partition coefficient (Wildman–Crippen LogP) is 9.81. The fourth-order valence-corrected chi connectivity index (χ4v) is 7.94. The van der Waals surface area contributed by atoms with Crippen molar-refractivity contribution in [3.63, 3.8) is 0 Å². The Morgan fingerprint density at radius 3 is 1.49 bits per heavy atom. The van der Waals surface area contributed by atoms with Crippen LogP contribution in [0.5, 0.6) is 0 Å². The van der Waals surface area contributed by atoms with Gasteiger partial charge in [-0.2, -0.15) is 0 Å². The second-order valence-corrected chi connectivity index (χ2v) is 21.0. The van der Waals surface area contributed by atoms with Crippen molar-refractivity contribution in [2.24, 2.45) is 5.41 Å². The molecule has 0 aliphatic carbocycles. The third-order valence-corrected chi connectivity index (χ3v) is 10.3. The molecule has 0 saturated heterocycles. The number of hydrogen-bond donors (Lipinski definition) is 0. The minimum atomic E-state index is -3.54. The number of unbranched alkanes of at least 4 members (excludes halogenated alkanes) is 13. The molecule has 4 nitrogen and oxygen atoms in total. The predicted molar refractivity (Wildman–Crippen MR) is 152 cm³/mol. The standard InChI is InChI=1S/C18H34O2.C10H20O2.2CH3.Sn/c1-2-3-4-5-6-7-8-9-10-11-12-13-14-15-16-17-18(19)20;1-10(2,3)8-6-4-5-7-9(11)12;;;/h9-10H,2-8,11-17H2,1H3,(H,19,20);4-8H2,1-3H3,(H,11,12);2*1H3;/q;;;;+2/p-2/b10-9-;;;;. The molecular formula is C30H58O4Sn. The molecule has 0 aromatic heterocycles. The Bertz CT molecular complexity index is 563. The van der Waals surface area contributed by atoms with Crippen LogP contribution >= 0.6 is 0 Å². The molecule has 0 atom stereocenters. The van der Waals surface area contributed by atoms with Crippen molar-refractivity contribution in [1.82, 2.24) is 0 Å². The van der Waals surface area contributed by atoms with Crippen molar-refractivity contribution >= 4 is 31.1 Å². The summed E-state index contributed by atoms with van der Waals surface area (Å²) >= 11 is -3.54. The zero-order chi connectivity index (χ0) is 26.4. The first kappa shape index (κ1) is 34.5. The summed E-state index contributed by atoms with van der Waals surface area (Å²) in [6, 6.07) is 0. The quantitative estimate of drug-likeness (QED) is 0.0704. The van der Waals surface area contributed by atoms with Crippen LogP contribution in [-0.4, -0.2) is 31.1 Å². The van der Waals surface area contributed by atoms with Crippen LogP contribution in [0.2, 0.25) is 9.88 Å². The van der Waals surface area contributed by atoms with Gasteiger partial charge in [-0.3, -0.25) is 0 Å². The van der Waals surface area contributed by atoms with Gasteiger partial charge in [0.2, 0.25) is 0 Å². The summed E-state index contributed by atoms with van der Waals surface area (Å²) in [5, 5.41) is 0. The molecular weight excluding hydrogens is 543 g/mol. The van der Waals surface area contributed by atoms with E-state index in [1.807, 2.05) is 9.88 Å². The maximum absolute atomic E-state index is 12.2. The second-order valence-electron chi connectivity index (χ2n) is 11.8. The van der Waals surface area contributed by atoms with E-state index in [9.17, 15) is 9.59 Å². The van der Waals surface area contributed by atoms with Crippen LogP contribution in [0.1, 0.15) is 150 Å². The van der Waals surface area contributed by atoms with E-state index in [1.165, 1.54) is 70.6 Å². The van der Waals surface area contributed by atoms with Crippen LogP contribution < -0.4 is 0 Å². The summed E-state index contributed by atoms with van der Waals surface area (Å²) in [5.41, 5.74) is 0.344. The average molecular weight is 602 g/mol. The molecule has 0 N–H and O–H groups in total. The SMILES string of the molecule is CCCCCCCC/C=C\CCCCCCCC(=O)[O][Sn]([CH3])([CH3])[O]C(=O)CCCCCC(C)(C)C. The summed E-state index contributed by atoms with van der Waals surface area (Å²) in [6.07, 6.45) is 25.8. The minimum absolute atomic E-state index is 0.193. The normalized spacial score (nSPS) is 12.3. The van der Waals surface area contributed by atoms with Crippen LogP contribution in [0.4, 0.5) is 0 Å². The van der Waals surface area contributed by atoms with E-state index in [0.717, 1.165) is 38.5 Å². The van der Waals surface area contributed by atoms with Crippen molar-refractivity contribution < 1.29 is 15.7 Å². The fourth-order valence-electron chi connectivity index (χ4n) is 4.11.